The summed E-state index contributed by atoms with van der Waals surface area (Å²) in [5, 5.41) is 5.67. The van der Waals surface area contributed by atoms with Crippen molar-refractivity contribution < 1.29 is 0 Å². The molecular weight excluding hydrogens is 360 g/mol. The fraction of sp³-hybridized carbons (Fsp3) is 0.200. The fourth-order valence-corrected chi connectivity index (χ4v) is 5.52. The van der Waals surface area contributed by atoms with Crippen molar-refractivity contribution >= 4 is 33.7 Å². The average Bonchev–Trinajstić information content (AvgIpc) is 2.83. The molecule has 4 aromatic rings. The van der Waals surface area contributed by atoms with E-state index < -0.39 is 0 Å². The molecule has 30 heavy (non-hydrogen) atoms. The normalized spacial score (nSPS) is 18.1. The molecule has 0 nitrogen and oxygen atoms in total. The molecule has 1 unspecified atom stereocenters. The lowest BCUT2D eigenvalue weighted by molar-refractivity contribution is 0.633. The van der Waals surface area contributed by atoms with Crippen molar-refractivity contribution in [1.29, 1.82) is 0 Å². The van der Waals surface area contributed by atoms with Crippen LogP contribution in [0.4, 0.5) is 0 Å². The van der Waals surface area contributed by atoms with Crippen LogP contribution in [-0.4, -0.2) is 0 Å². The Balaban J connectivity index is 0.000000118. The highest BCUT2D eigenvalue weighted by molar-refractivity contribution is 5.96. The maximum atomic E-state index is 2.40. The van der Waals surface area contributed by atoms with Gasteiger partial charge in [0.15, 0.2) is 0 Å². The van der Waals surface area contributed by atoms with E-state index in [9.17, 15) is 0 Å². The molecule has 0 fully saturated rings. The van der Waals surface area contributed by atoms with Crippen LogP contribution in [0.3, 0.4) is 0 Å². The van der Waals surface area contributed by atoms with Crippen molar-refractivity contribution in [2.45, 2.75) is 38.0 Å². The van der Waals surface area contributed by atoms with Crippen molar-refractivity contribution in [3.63, 3.8) is 0 Å². The van der Waals surface area contributed by atoms with E-state index >= 15 is 0 Å². The van der Waals surface area contributed by atoms with E-state index in [2.05, 4.69) is 91.0 Å². The Bertz CT molecular complexity index is 1320. The molecule has 1 atom stereocenters. The van der Waals surface area contributed by atoms with E-state index in [1.54, 1.807) is 11.1 Å². The zero-order chi connectivity index (χ0) is 19.9. The summed E-state index contributed by atoms with van der Waals surface area (Å²) < 4.78 is 0. The molecule has 0 aliphatic heterocycles. The molecule has 0 saturated carbocycles. The molecule has 0 spiro atoms. The topological polar surface area (TPSA) is 0 Å². The lowest BCUT2D eigenvalue weighted by atomic mass is 9.76. The zero-order valence-electron chi connectivity index (χ0n) is 17.3. The number of rotatable bonds is 0. The van der Waals surface area contributed by atoms with Crippen molar-refractivity contribution in [1.82, 2.24) is 0 Å². The third-order valence-electron chi connectivity index (χ3n) is 6.97. The number of fused-ring (bicyclic) bond motifs is 3. The van der Waals surface area contributed by atoms with Crippen molar-refractivity contribution in [3.05, 3.63) is 107 Å². The largest absolute Gasteiger partial charge is 0.0836 e. The zero-order valence-corrected chi connectivity index (χ0v) is 17.3. The molecule has 0 radical (unpaired) electrons. The Hall–Kier alpha value is -3.12. The summed E-state index contributed by atoms with van der Waals surface area (Å²) in [6.07, 6.45) is 15.6. The number of aryl methyl sites for hydroxylation is 2. The first-order chi connectivity index (χ1) is 14.9. The van der Waals surface area contributed by atoms with Crippen LogP contribution in [0.25, 0.3) is 33.7 Å². The predicted octanol–water partition coefficient (Wildman–Crippen LogP) is 8.09. The second-order valence-electron chi connectivity index (χ2n) is 8.74. The monoisotopic (exact) mass is 386 g/mol. The molecule has 0 N–H and O–H groups in total. The van der Waals surface area contributed by atoms with Gasteiger partial charge in [0.05, 0.1) is 0 Å². The van der Waals surface area contributed by atoms with Crippen molar-refractivity contribution in [3.8, 4) is 0 Å². The fourth-order valence-electron chi connectivity index (χ4n) is 5.52. The summed E-state index contributed by atoms with van der Waals surface area (Å²) >= 11 is 0. The first-order valence-electron chi connectivity index (χ1n) is 11.3. The third-order valence-corrected chi connectivity index (χ3v) is 6.97. The summed E-state index contributed by atoms with van der Waals surface area (Å²) in [5.74, 6) is 0.683. The SMILES string of the molecule is C1=CC2CCCc3ccc4cccc1c4c32.C1=Cc2c(ccc3ccccc23)CC1. The molecule has 0 heterocycles. The summed E-state index contributed by atoms with van der Waals surface area (Å²) in [7, 11) is 0. The lowest BCUT2D eigenvalue weighted by Crippen LogP contribution is -2.11. The van der Waals surface area contributed by atoms with Gasteiger partial charge in [-0.05, 0) is 81.5 Å². The van der Waals surface area contributed by atoms with Gasteiger partial charge < -0.3 is 0 Å². The molecule has 0 aromatic heterocycles. The summed E-state index contributed by atoms with van der Waals surface area (Å²) in [6.45, 7) is 0. The van der Waals surface area contributed by atoms with Gasteiger partial charge in [0.1, 0.15) is 0 Å². The number of allylic oxidation sites excluding steroid dienone is 2. The maximum absolute atomic E-state index is 2.40. The van der Waals surface area contributed by atoms with E-state index in [0.717, 1.165) is 0 Å². The number of benzene rings is 4. The van der Waals surface area contributed by atoms with Gasteiger partial charge in [-0.25, -0.2) is 0 Å². The maximum Gasteiger partial charge on any atom is 0.00305 e. The summed E-state index contributed by atoms with van der Waals surface area (Å²) in [6, 6.07) is 24.4. The molecular formula is C30H26. The first-order valence-corrected chi connectivity index (χ1v) is 11.3. The molecule has 4 aromatic carbocycles. The molecule has 146 valence electrons. The summed E-state index contributed by atoms with van der Waals surface area (Å²) in [4.78, 5) is 0. The van der Waals surface area contributed by atoms with Crippen molar-refractivity contribution in [2.75, 3.05) is 0 Å². The second kappa shape index (κ2) is 7.29. The van der Waals surface area contributed by atoms with Crippen molar-refractivity contribution in [2.24, 2.45) is 0 Å². The Labute approximate surface area is 178 Å². The standard InChI is InChI=1S/C16H14.C14H12/c1-3-11-7-9-13-5-2-6-14-10-8-12(4-1)15(11)16(13)14;1-3-7-13-11(5-1)9-10-12-6-2-4-8-14(12)13/h1,3-4,7-10,13H,2,5-6H2;1,3-5,7-10H,2,6H2. The van der Waals surface area contributed by atoms with Crippen LogP contribution in [0.1, 0.15) is 53.0 Å². The van der Waals surface area contributed by atoms with Gasteiger partial charge in [-0.1, -0.05) is 91.0 Å². The molecule has 0 bridgehead atoms. The van der Waals surface area contributed by atoms with E-state index in [1.807, 2.05) is 0 Å². The molecule has 7 rings (SSSR count). The van der Waals surface area contributed by atoms with Gasteiger partial charge in [0.25, 0.3) is 0 Å². The minimum Gasteiger partial charge on any atom is -0.0836 e. The number of hydrogen-bond acceptors (Lipinski definition) is 0. The smallest absolute Gasteiger partial charge is 0.00305 e. The highest BCUT2D eigenvalue weighted by atomic mass is 14.3. The Kier molecular flexibility index (Phi) is 4.30. The van der Waals surface area contributed by atoms with Gasteiger partial charge in [-0.3, -0.25) is 0 Å². The van der Waals surface area contributed by atoms with Crippen LogP contribution in [0, 0.1) is 0 Å². The van der Waals surface area contributed by atoms with E-state index in [4.69, 9.17) is 0 Å². The van der Waals surface area contributed by atoms with Crippen LogP contribution >= 0.6 is 0 Å². The molecule has 0 saturated heterocycles. The summed E-state index contributed by atoms with van der Waals surface area (Å²) in [5.41, 5.74) is 7.54. The van der Waals surface area contributed by atoms with Crippen LogP contribution in [0.15, 0.2) is 78.9 Å². The quantitative estimate of drug-likeness (QED) is 0.286. The number of hydrogen-bond donors (Lipinski definition) is 0. The highest BCUT2D eigenvalue weighted by Crippen LogP contribution is 2.42. The van der Waals surface area contributed by atoms with Crippen LogP contribution in [-0.2, 0) is 12.8 Å². The van der Waals surface area contributed by atoms with Gasteiger partial charge in [0, 0.05) is 5.92 Å². The Morgan fingerprint density at radius 3 is 2.57 bits per heavy atom. The lowest BCUT2D eigenvalue weighted by Gasteiger charge is -2.28. The van der Waals surface area contributed by atoms with Crippen LogP contribution in [0.2, 0.25) is 0 Å². The van der Waals surface area contributed by atoms with Gasteiger partial charge in [-0.2, -0.15) is 0 Å². The predicted molar refractivity (Wildman–Crippen MR) is 130 cm³/mol. The minimum absolute atomic E-state index is 0.683. The molecule has 3 aliphatic carbocycles. The average molecular weight is 387 g/mol. The third kappa shape index (κ3) is 2.91. The second-order valence-corrected chi connectivity index (χ2v) is 8.74. The van der Waals surface area contributed by atoms with Gasteiger partial charge in [0.2, 0.25) is 0 Å². The molecule has 0 amide bonds. The highest BCUT2D eigenvalue weighted by Gasteiger charge is 2.23. The van der Waals surface area contributed by atoms with E-state index in [0.29, 0.717) is 5.92 Å². The van der Waals surface area contributed by atoms with E-state index in [-0.39, 0.29) is 0 Å². The van der Waals surface area contributed by atoms with Gasteiger partial charge >= 0.3 is 0 Å². The minimum atomic E-state index is 0.683. The first kappa shape index (κ1) is 17.7. The Morgan fingerprint density at radius 1 is 0.700 bits per heavy atom. The van der Waals surface area contributed by atoms with Crippen LogP contribution in [0.5, 0.6) is 0 Å². The van der Waals surface area contributed by atoms with Gasteiger partial charge in [-0.15, -0.1) is 0 Å². The van der Waals surface area contributed by atoms with Crippen LogP contribution < -0.4 is 0 Å². The van der Waals surface area contributed by atoms with E-state index in [1.165, 1.54) is 70.3 Å². The molecule has 0 heteroatoms. The Morgan fingerprint density at radius 2 is 1.57 bits per heavy atom. The molecule has 3 aliphatic rings.